The summed E-state index contributed by atoms with van der Waals surface area (Å²) in [5.41, 5.74) is 5.29. The van der Waals surface area contributed by atoms with Crippen molar-refractivity contribution in [2.75, 3.05) is 13.2 Å². The topological polar surface area (TPSA) is 110 Å². The molecule has 0 amide bonds. The van der Waals surface area contributed by atoms with E-state index in [0.717, 1.165) is 39.3 Å². The zero-order valence-corrected chi connectivity index (χ0v) is 25.9. The number of aryl methyl sites for hydroxylation is 2. The van der Waals surface area contributed by atoms with Gasteiger partial charge in [-0.3, -0.25) is 4.79 Å². The predicted molar refractivity (Wildman–Crippen MR) is 165 cm³/mol. The third-order valence-electron chi connectivity index (χ3n) is 7.91. The number of benzene rings is 3. The summed E-state index contributed by atoms with van der Waals surface area (Å²) in [6.07, 6.45) is 1.28. The van der Waals surface area contributed by atoms with E-state index in [0.29, 0.717) is 44.1 Å². The molecule has 0 radical (unpaired) electrons. The first-order valence-corrected chi connectivity index (χ1v) is 16.0. The molecule has 0 saturated carbocycles. The first kappa shape index (κ1) is 30.5. The van der Waals surface area contributed by atoms with Gasteiger partial charge in [-0.1, -0.05) is 57.2 Å². The van der Waals surface area contributed by atoms with E-state index >= 15 is 0 Å². The Bertz CT molecular complexity index is 1700. The molecule has 8 nitrogen and oxygen atoms in total. The highest BCUT2D eigenvalue weighted by Crippen LogP contribution is 2.35. The average molecular weight is 603 g/mol. The number of carboxylic acids is 1. The van der Waals surface area contributed by atoms with Crippen LogP contribution >= 0.6 is 0 Å². The van der Waals surface area contributed by atoms with E-state index in [1.165, 1.54) is 4.31 Å². The second-order valence-electron chi connectivity index (χ2n) is 11.9. The summed E-state index contributed by atoms with van der Waals surface area (Å²) >= 11 is 0. The second kappa shape index (κ2) is 12.3. The van der Waals surface area contributed by atoms with E-state index < -0.39 is 16.0 Å². The van der Waals surface area contributed by atoms with Crippen molar-refractivity contribution in [3.8, 4) is 17.2 Å². The molecule has 4 aromatic rings. The molecule has 0 unspecified atom stereocenters. The first-order chi connectivity index (χ1) is 20.4. The lowest BCUT2D eigenvalue weighted by atomic mass is 9.87. The Balaban J connectivity index is 1.35. The predicted octanol–water partition coefficient (Wildman–Crippen LogP) is 6.33. The number of carboxylic acid groups (broad SMARTS) is 1. The Labute approximate surface area is 253 Å². The third kappa shape index (κ3) is 6.84. The molecule has 1 aliphatic heterocycles. The van der Waals surface area contributed by atoms with Gasteiger partial charge in [0.2, 0.25) is 15.9 Å². The number of aliphatic carboxylic acids is 1. The number of oxazole rings is 1. The zero-order chi connectivity index (χ0) is 30.8. The molecule has 3 aromatic carbocycles. The summed E-state index contributed by atoms with van der Waals surface area (Å²) in [7, 11) is -3.75. The largest absolute Gasteiger partial charge is 0.493 e. The summed E-state index contributed by atoms with van der Waals surface area (Å²) < 4.78 is 41.0. The van der Waals surface area contributed by atoms with Gasteiger partial charge < -0.3 is 14.3 Å². The van der Waals surface area contributed by atoms with Crippen LogP contribution in [0.25, 0.3) is 11.5 Å². The number of fused-ring (bicyclic) bond motifs is 1. The van der Waals surface area contributed by atoms with Crippen LogP contribution in [0, 0.1) is 6.92 Å². The highest BCUT2D eigenvalue weighted by molar-refractivity contribution is 7.89. The number of sulfonamides is 1. The van der Waals surface area contributed by atoms with Crippen LogP contribution in [0.2, 0.25) is 0 Å². The van der Waals surface area contributed by atoms with Gasteiger partial charge in [-0.05, 0) is 72.2 Å². The zero-order valence-electron chi connectivity index (χ0n) is 25.1. The van der Waals surface area contributed by atoms with Gasteiger partial charge in [-0.25, -0.2) is 13.4 Å². The molecular weight excluding hydrogens is 564 g/mol. The van der Waals surface area contributed by atoms with Gasteiger partial charge >= 0.3 is 5.97 Å². The molecule has 0 spiro atoms. The van der Waals surface area contributed by atoms with Crippen LogP contribution < -0.4 is 4.74 Å². The maximum Gasteiger partial charge on any atom is 0.303 e. The lowest BCUT2D eigenvalue weighted by molar-refractivity contribution is -0.136. The molecule has 0 bridgehead atoms. The van der Waals surface area contributed by atoms with Crippen molar-refractivity contribution < 1.29 is 27.5 Å². The highest BCUT2D eigenvalue weighted by Gasteiger charge is 2.31. The summed E-state index contributed by atoms with van der Waals surface area (Å²) in [5, 5.41) is 9.32. The molecular formula is C34H38N2O6S. The molecule has 0 fully saturated rings. The number of aromatic nitrogens is 1. The summed E-state index contributed by atoms with van der Waals surface area (Å²) in [4.78, 5) is 16.3. The van der Waals surface area contributed by atoms with Crippen LogP contribution in [0.1, 0.15) is 60.9 Å². The molecule has 9 heteroatoms. The van der Waals surface area contributed by atoms with E-state index in [9.17, 15) is 18.3 Å². The number of carbonyl (C=O) groups is 1. The Hall–Kier alpha value is -3.95. The van der Waals surface area contributed by atoms with E-state index in [2.05, 4.69) is 25.8 Å². The van der Waals surface area contributed by atoms with Crippen LogP contribution in [0.5, 0.6) is 5.75 Å². The number of nitrogens with zero attached hydrogens (tertiary/aromatic N) is 2. The summed E-state index contributed by atoms with van der Waals surface area (Å²) in [5.74, 6) is 1.10. The van der Waals surface area contributed by atoms with Gasteiger partial charge in [0.1, 0.15) is 11.5 Å². The molecule has 1 aliphatic rings. The minimum Gasteiger partial charge on any atom is -0.493 e. The lowest BCUT2D eigenvalue weighted by Gasteiger charge is -2.31. The van der Waals surface area contributed by atoms with Gasteiger partial charge in [-0.2, -0.15) is 4.31 Å². The minimum atomic E-state index is -3.75. The minimum absolute atomic E-state index is 0.0388. The molecule has 0 atom stereocenters. The third-order valence-corrected chi connectivity index (χ3v) is 9.77. The standard InChI is InChI=1S/C34H38N2O6S/c1-23-30(35-33(42-23)25-8-6-5-7-9-25)19-21-41-31-16-10-24(11-17-32(37)38)29-22-36(20-18-28(29)31)43(39,40)27-14-12-26(13-15-27)34(2,3)4/h5-10,12-16H,11,17-22H2,1-4H3,(H,37,38). The molecule has 226 valence electrons. The Morgan fingerprint density at radius 3 is 2.40 bits per heavy atom. The Morgan fingerprint density at radius 2 is 1.72 bits per heavy atom. The van der Waals surface area contributed by atoms with Gasteiger partial charge in [0.15, 0.2) is 0 Å². The van der Waals surface area contributed by atoms with Gasteiger partial charge in [-0.15, -0.1) is 0 Å². The van der Waals surface area contributed by atoms with E-state index in [1.54, 1.807) is 12.1 Å². The normalized spacial score (nSPS) is 14.0. The second-order valence-corrected chi connectivity index (χ2v) is 13.9. The Kier molecular flexibility index (Phi) is 8.76. The maximum absolute atomic E-state index is 13.7. The van der Waals surface area contributed by atoms with Crippen LogP contribution in [0.3, 0.4) is 0 Å². The quantitative estimate of drug-likeness (QED) is 0.226. The van der Waals surface area contributed by atoms with Crippen LogP contribution in [-0.2, 0) is 46.0 Å². The molecule has 0 saturated heterocycles. The SMILES string of the molecule is Cc1oc(-c2ccccc2)nc1CCOc1ccc(CCC(=O)O)c2c1CCN(S(=O)(=O)c1ccc(C(C)(C)C)cc1)C2. The fraction of sp³-hybridized carbons (Fsp3) is 0.353. The molecule has 1 aromatic heterocycles. The van der Waals surface area contributed by atoms with Crippen molar-refractivity contribution in [2.24, 2.45) is 0 Å². The van der Waals surface area contributed by atoms with E-state index in [1.807, 2.05) is 61.5 Å². The highest BCUT2D eigenvalue weighted by atomic mass is 32.2. The lowest BCUT2D eigenvalue weighted by Crippen LogP contribution is -2.36. The number of ether oxygens (including phenoxy) is 1. The van der Waals surface area contributed by atoms with E-state index in [-0.39, 0.29) is 23.3 Å². The number of hydrogen-bond acceptors (Lipinski definition) is 6. The average Bonchev–Trinajstić information content (AvgIpc) is 3.36. The van der Waals surface area contributed by atoms with Crippen LogP contribution in [-0.4, -0.2) is 41.9 Å². The Morgan fingerprint density at radius 1 is 1.00 bits per heavy atom. The van der Waals surface area contributed by atoms with Gasteiger partial charge in [0.05, 0.1) is 17.2 Å². The summed E-state index contributed by atoms with van der Waals surface area (Å²) in [6, 6.07) is 20.5. The van der Waals surface area contributed by atoms with Crippen molar-refractivity contribution in [1.29, 1.82) is 0 Å². The van der Waals surface area contributed by atoms with Crippen molar-refractivity contribution in [3.63, 3.8) is 0 Å². The van der Waals surface area contributed by atoms with Crippen molar-refractivity contribution in [3.05, 3.63) is 100 Å². The van der Waals surface area contributed by atoms with Crippen molar-refractivity contribution >= 4 is 16.0 Å². The number of hydrogen-bond donors (Lipinski definition) is 1. The van der Waals surface area contributed by atoms with Crippen molar-refractivity contribution in [2.45, 2.75) is 70.2 Å². The number of rotatable bonds is 10. The summed E-state index contributed by atoms with van der Waals surface area (Å²) in [6.45, 7) is 8.98. The van der Waals surface area contributed by atoms with Crippen LogP contribution in [0.4, 0.5) is 0 Å². The van der Waals surface area contributed by atoms with E-state index in [4.69, 9.17) is 9.15 Å². The fourth-order valence-corrected chi connectivity index (χ4v) is 6.81. The van der Waals surface area contributed by atoms with Crippen LogP contribution in [0.15, 0.2) is 76.0 Å². The fourth-order valence-electron chi connectivity index (χ4n) is 5.40. The molecule has 43 heavy (non-hydrogen) atoms. The smallest absolute Gasteiger partial charge is 0.303 e. The molecule has 0 aliphatic carbocycles. The monoisotopic (exact) mass is 602 g/mol. The van der Waals surface area contributed by atoms with Crippen molar-refractivity contribution in [1.82, 2.24) is 9.29 Å². The van der Waals surface area contributed by atoms with Gasteiger partial charge in [0.25, 0.3) is 0 Å². The maximum atomic E-state index is 13.7. The van der Waals surface area contributed by atoms with Gasteiger partial charge in [0, 0.05) is 37.1 Å². The molecule has 1 N–H and O–H groups in total. The molecule has 2 heterocycles. The first-order valence-electron chi connectivity index (χ1n) is 14.5. The molecule has 5 rings (SSSR count).